The van der Waals surface area contributed by atoms with Crippen molar-refractivity contribution in [3.63, 3.8) is 0 Å². The maximum Gasteiger partial charge on any atom is 0.419 e. The van der Waals surface area contributed by atoms with Crippen molar-refractivity contribution >= 4 is 17.9 Å². The van der Waals surface area contributed by atoms with Crippen LogP contribution in [0, 0.1) is 11.6 Å². The Bertz CT molecular complexity index is 974. The fraction of sp³-hybridized carbons (Fsp3) is 0.190. The van der Waals surface area contributed by atoms with Crippen LogP contribution in [0.4, 0.5) is 35.1 Å². The summed E-state index contributed by atoms with van der Waals surface area (Å²) in [6.45, 7) is 0. The monoisotopic (exact) mass is 432 g/mol. The molecule has 1 fully saturated rings. The second kappa shape index (κ2) is 7.70. The summed E-state index contributed by atoms with van der Waals surface area (Å²) in [5.41, 5.74) is -3.90. The van der Waals surface area contributed by atoms with Crippen LogP contribution in [0.25, 0.3) is 12.2 Å². The number of rotatable bonds is 2. The van der Waals surface area contributed by atoms with Crippen molar-refractivity contribution in [1.29, 1.82) is 0 Å². The number of hydrogen-bond donors (Lipinski definition) is 0. The van der Waals surface area contributed by atoms with Crippen LogP contribution in [-0.2, 0) is 17.1 Å². The molecule has 0 N–H and O–H groups in total. The molecule has 0 aromatic heterocycles. The Kier molecular flexibility index (Phi) is 5.58. The van der Waals surface area contributed by atoms with Crippen molar-refractivity contribution in [2.45, 2.75) is 25.2 Å². The van der Waals surface area contributed by atoms with Gasteiger partial charge >= 0.3 is 12.4 Å². The van der Waals surface area contributed by atoms with Crippen molar-refractivity contribution in [3.05, 3.63) is 81.4 Å². The third-order valence-electron chi connectivity index (χ3n) is 4.57. The second-order valence-corrected chi connectivity index (χ2v) is 6.58. The van der Waals surface area contributed by atoms with Crippen LogP contribution in [0.15, 0.2) is 47.5 Å². The molecule has 0 saturated heterocycles. The first-order chi connectivity index (χ1) is 13.9. The summed E-state index contributed by atoms with van der Waals surface area (Å²) in [6.07, 6.45) is -7.83. The van der Waals surface area contributed by atoms with E-state index in [9.17, 15) is 39.9 Å². The van der Waals surface area contributed by atoms with Crippen LogP contribution in [0.1, 0.15) is 35.1 Å². The minimum Gasteiger partial charge on any atom is -0.289 e. The van der Waals surface area contributed by atoms with Gasteiger partial charge in [-0.05, 0) is 37.1 Å². The minimum atomic E-state index is -4.91. The Morgan fingerprint density at radius 1 is 0.667 bits per heavy atom. The van der Waals surface area contributed by atoms with Gasteiger partial charge in [0, 0.05) is 22.3 Å². The van der Waals surface area contributed by atoms with Crippen LogP contribution in [0.3, 0.4) is 0 Å². The molecule has 0 radical (unpaired) electrons. The lowest BCUT2D eigenvalue weighted by Crippen LogP contribution is -2.09. The molecule has 1 aliphatic carbocycles. The summed E-state index contributed by atoms with van der Waals surface area (Å²) in [6, 6.07) is 5.25. The molecule has 158 valence electrons. The van der Waals surface area contributed by atoms with Gasteiger partial charge in [-0.2, -0.15) is 26.3 Å². The van der Waals surface area contributed by atoms with Gasteiger partial charge in [-0.3, -0.25) is 4.79 Å². The first-order valence-corrected chi connectivity index (χ1v) is 8.57. The van der Waals surface area contributed by atoms with Crippen molar-refractivity contribution in [2.24, 2.45) is 0 Å². The molecule has 0 bridgehead atoms. The zero-order valence-corrected chi connectivity index (χ0v) is 15.0. The van der Waals surface area contributed by atoms with E-state index in [1.807, 2.05) is 0 Å². The van der Waals surface area contributed by atoms with Gasteiger partial charge in [0.05, 0.1) is 11.1 Å². The molecule has 1 nitrogen and oxygen atoms in total. The molecule has 30 heavy (non-hydrogen) atoms. The first-order valence-electron chi connectivity index (χ1n) is 8.57. The molecular formula is C21H12F8O. The lowest BCUT2D eigenvalue weighted by Gasteiger charge is -2.10. The number of Topliss-reactive ketones (excluding diaryl/α,β-unsaturated/α-hetero) is 1. The predicted molar refractivity (Wildman–Crippen MR) is 93.0 cm³/mol. The number of halogens is 8. The highest BCUT2D eigenvalue weighted by Crippen LogP contribution is 2.36. The van der Waals surface area contributed by atoms with Crippen molar-refractivity contribution < 1.29 is 39.9 Å². The molecule has 0 heterocycles. The van der Waals surface area contributed by atoms with Gasteiger partial charge in [0.25, 0.3) is 0 Å². The van der Waals surface area contributed by atoms with Gasteiger partial charge < -0.3 is 0 Å². The zero-order valence-electron chi connectivity index (χ0n) is 15.0. The van der Waals surface area contributed by atoms with E-state index in [1.54, 1.807) is 0 Å². The van der Waals surface area contributed by atoms with Crippen molar-refractivity contribution in [3.8, 4) is 0 Å². The quantitative estimate of drug-likeness (QED) is 0.376. The van der Waals surface area contributed by atoms with Crippen LogP contribution in [0.2, 0.25) is 0 Å². The highest BCUT2D eigenvalue weighted by molar-refractivity contribution is 6.15. The number of ketones is 1. The number of benzene rings is 2. The SMILES string of the molecule is O=C1/C(=C/c2cccc(C(F)(F)F)c2F)CC/C1=C\c1cccc(C(F)(F)F)c1F. The Labute approximate surface area is 165 Å². The van der Waals surface area contributed by atoms with E-state index < -0.39 is 52.0 Å². The topological polar surface area (TPSA) is 17.1 Å². The lowest BCUT2D eigenvalue weighted by atomic mass is 10.0. The molecular weight excluding hydrogens is 420 g/mol. The third kappa shape index (κ3) is 4.29. The summed E-state index contributed by atoms with van der Waals surface area (Å²) < 4.78 is 105. The van der Waals surface area contributed by atoms with Gasteiger partial charge in [-0.1, -0.05) is 24.3 Å². The molecule has 0 atom stereocenters. The third-order valence-corrected chi connectivity index (χ3v) is 4.57. The van der Waals surface area contributed by atoms with Crippen LogP contribution in [-0.4, -0.2) is 5.78 Å². The average Bonchev–Trinajstić information content (AvgIpc) is 2.96. The first kappa shape index (κ1) is 21.7. The maximum atomic E-state index is 14.2. The normalized spacial score (nSPS) is 17.9. The van der Waals surface area contributed by atoms with E-state index in [-0.39, 0.29) is 24.0 Å². The number of allylic oxidation sites excluding steroid dienone is 2. The maximum absolute atomic E-state index is 14.2. The second-order valence-electron chi connectivity index (χ2n) is 6.58. The fourth-order valence-electron chi connectivity index (χ4n) is 3.11. The molecule has 0 amide bonds. The molecule has 2 aromatic rings. The predicted octanol–water partition coefficient (Wildman–Crippen LogP) is 6.83. The van der Waals surface area contributed by atoms with Gasteiger partial charge in [0.1, 0.15) is 11.6 Å². The minimum absolute atomic E-state index is 0.0214. The van der Waals surface area contributed by atoms with Crippen molar-refractivity contribution in [1.82, 2.24) is 0 Å². The molecule has 0 aliphatic heterocycles. The highest BCUT2D eigenvalue weighted by Gasteiger charge is 2.36. The lowest BCUT2D eigenvalue weighted by molar-refractivity contribution is -0.140. The Morgan fingerprint density at radius 3 is 1.37 bits per heavy atom. The number of carbonyl (C=O) groups excluding carboxylic acids is 1. The van der Waals surface area contributed by atoms with Gasteiger partial charge in [-0.15, -0.1) is 0 Å². The van der Waals surface area contributed by atoms with Crippen LogP contribution in [0.5, 0.6) is 0 Å². The summed E-state index contributed by atoms with van der Waals surface area (Å²) in [7, 11) is 0. The van der Waals surface area contributed by atoms with Crippen LogP contribution >= 0.6 is 0 Å². The van der Waals surface area contributed by atoms with E-state index in [1.165, 1.54) is 0 Å². The fourth-order valence-corrected chi connectivity index (χ4v) is 3.11. The largest absolute Gasteiger partial charge is 0.419 e. The molecule has 1 saturated carbocycles. The van der Waals surface area contributed by atoms with E-state index in [0.717, 1.165) is 36.4 Å². The van der Waals surface area contributed by atoms with E-state index in [4.69, 9.17) is 0 Å². The van der Waals surface area contributed by atoms with E-state index >= 15 is 0 Å². The van der Waals surface area contributed by atoms with Gasteiger partial charge in [0.15, 0.2) is 5.78 Å². The molecule has 2 aromatic carbocycles. The summed E-state index contributed by atoms with van der Waals surface area (Å²) >= 11 is 0. The highest BCUT2D eigenvalue weighted by atomic mass is 19.4. The average molecular weight is 432 g/mol. The molecule has 0 spiro atoms. The molecule has 9 heteroatoms. The number of carbonyl (C=O) groups is 1. The van der Waals surface area contributed by atoms with Crippen molar-refractivity contribution in [2.75, 3.05) is 0 Å². The smallest absolute Gasteiger partial charge is 0.289 e. The molecule has 3 rings (SSSR count). The van der Waals surface area contributed by atoms with E-state index in [2.05, 4.69) is 0 Å². The molecule has 0 unspecified atom stereocenters. The number of alkyl halides is 6. The summed E-state index contributed by atoms with van der Waals surface area (Å²) in [4.78, 5) is 12.5. The van der Waals surface area contributed by atoms with Crippen LogP contribution < -0.4 is 0 Å². The standard InChI is InChI=1S/C21H12F8O/c22-17-11(3-1-5-15(17)20(24,25)26)9-13-7-8-14(19(13)30)10-12-4-2-6-16(18(12)23)21(27,28)29/h1-6,9-10H,7-8H2/b13-9+,14-10+. The number of hydrogen-bond acceptors (Lipinski definition) is 1. The Hall–Kier alpha value is -2.97. The molecule has 1 aliphatic rings. The Morgan fingerprint density at radius 2 is 1.03 bits per heavy atom. The van der Waals surface area contributed by atoms with Gasteiger partial charge in [0.2, 0.25) is 0 Å². The zero-order chi connectivity index (χ0) is 22.3. The summed E-state index contributed by atoms with van der Waals surface area (Å²) in [5, 5.41) is 0. The Balaban J connectivity index is 1.95. The summed E-state index contributed by atoms with van der Waals surface area (Å²) in [5.74, 6) is -3.76. The van der Waals surface area contributed by atoms with E-state index in [0.29, 0.717) is 12.1 Å². The van der Waals surface area contributed by atoms with Gasteiger partial charge in [-0.25, -0.2) is 8.78 Å².